The maximum Gasteiger partial charge on any atom is 0.265 e. The first kappa shape index (κ1) is 18.9. The summed E-state index contributed by atoms with van der Waals surface area (Å²) in [5.41, 5.74) is 0.578. The number of aromatic nitrogens is 2. The van der Waals surface area contributed by atoms with Gasteiger partial charge in [-0.1, -0.05) is 18.2 Å². The lowest BCUT2D eigenvalue weighted by atomic mass is 10.1. The Morgan fingerprint density at radius 1 is 1.19 bits per heavy atom. The number of anilines is 3. The van der Waals surface area contributed by atoms with E-state index in [1.165, 1.54) is 6.42 Å². The molecule has 144 valence electrons. The van der Waals surface area contributed by atoms with Crippen LogP contribution in [0, 0.1) is 0 Å². The molecule has 1 fully saturated rings. The average molecular weight is 369 g/mol. The highest BCUT2D eigenvalue weighted by molar-refractivity contribution is 5.96. The van der Waals surface area contributed by atoms with Crippen LogP contribution in [0.5, 0.6) is 5.75 Å². The second-order valence-electron chi connectivity index (χ2n) is 6.91. The van der Waals surface area contributed by atoms with Crippen molar-refractivity contribution in [3.05, 3.63) is 36.5 Å². The number of carbonyl (C=O) groups is 1. The Morgan fingerprint density at radius 2 is 1.89 bits per heavy atom. The van der Waals surface area contributed by atoms with Gasteiger partial charge < -0.3 is 19.9 Å². The molecule has 0 saturated carbocycles. The highest BCUT2D eigenvalue weighted by atomic mass is 16.5. The van der Waals surface area contributed by atoms with E-state index in [9.17, 15) is 4.79 Å². The number of carbonyl (C=O) groups excluding carboxylic acids is 1. The van der Waals surface area contributed by atoms with Crippen LogP contribution in [-0.2, 0) is 4.79 Å². The summed E-state index contributed by atoms with van der Waals surface area (Å²) in [6, 6.07) is 9.30. The molecular weight excluding hydrogens is 342 g/mol. The standard InChI is InChI=1S/C20H27N5O2/c1-15(27-16-10-6-4-7-11-16)19(26)22-17-14-21-20(23-18(17)24(2)3)25-12-8-5-9-13-25/h4,6-7,10-11,14-15H,5,8-9,12-13H2,1-3H3,(H,22,26). The normalized spacial score (nSPS) is 15.1. The number of piperidine rings is 1. The predicted octanol–water partition coefficient (Wildman–Crippen LogP) is 2.94. The zero-order valence-electron chi connectivity index (χ0n) is 16.2. The van der Waals surface area contributed by atoms with Gasteiger partial charge in [-0.2, -0.15) is 4.98 Å². The van der Waals surface area contributed by atoms with Gasteiger partial charge in [0.1, 0.15) is 11.4 Å². The van der Waals surface area contributed by atoms with Gasteiger partial charge in [-0.25, -0.2) is 4.98 Å². The van der Waals surface area contributed by atoms with Crippen LogP contribution in [0.25, 0.3) is 0 Å². The molecule has 1 amide bonds. The molecule has 1 unspecified atom stereocenters. The van der Waals surface area contributed by atoms with Gasteiger partial charge in [-0.15, -0.1) is 0 Å². The second-order valence-corrected chi connectivity index (χ2v) is 6.91. The van der Waals surface area contributed by atoms with Gasteiger partial charge in [0.25, 0.3) is 5.91 Å². The maximum absolute atomic E-state index is 12.6. The highest BCUT2D eigenvalue weighted by Gasteiger charge is 2.20. The lowest BCUT2D eigenvalue weighted by Crippen LogP contribution is -2.33. The van der Waals surface area contributed by atoms with E-state index in [-0.39, 0.29) is 5.91 Å². The van der Waals surface area contributed by atoms with E-state index in [1.807, 2.05) is 49.3 Å². The summed E-state index contributed by atoms with van der Waals surface area (Å²) in [5, 5.41) is 2.89. The van der Waals surface area contributed by atoms with Crippen molar-refractivity contribution in [1.82, 2.24) is 9.97 Å². The monoisotopic (exact) mass is 369 g/mol. The van der Waals surface area contributed by atoms with E-state index in [0.29, 0.717) is 23.2 Å². The van der Waals surface area contributed by atoms with Crippen LogP contribution in [0.3, 0.4) is 0 Å². The van der Waals surface area contributed by atoms with Crippen molar-refractivity contribution < 1.29 is 9.53 Å². The third-order valence-electron chi connectivity index (χ3n) is 4.50. The van der Waals surface area contributed by atoms with E-state index in [0.717, 1.165) is 25.9 Å². The summed E-state index contributed by atoms with van der Waals surface area (Å²) in [6.07, 6.45) is 4.62. The van der Waals surface area contributed by atoms with Gasteiger partial charge in [-0.05, 0) is 38.3 Å². The molecule has 1 saturated heterocycles. The van der Waals surface area contributed by atoms with Crippen LogP contribution < -0.4 is 19.9 Å². The molecule has 0 aliphatic carbocycles. The third-order valence-corrected chi connectivity index (χ3v) is 4.50. The molecule has 2 heterocycles. The summed E-state index contributed by atoms with van der Waals surface area (Å²) in [5.74, 6) is 1.82. The lowest BCUT2D eigenvalue weighted by molar-refractivity contribution is -0.122. The molecule has 1 aliphatic heterocycles. The number of hydrogen-bond acceptors (Lipinski definition) is 6. The second kappa shape index (κ2) is 8.70. The van der Waals surface area contributed by atoms with Crippen molar-refractivity contribution in [3.8, 4) is 5.75 Å². The van der Waals surface area contributed by atoms with Crippen LogP contribution in [0.1, 0.15) is 26.2 Å². The van der Waals surface area contributed by atoms with Gasteiger partial charge in [-0.3, -0.25) is 4.79 Å². The molecule has 0 radical (unpaired) electrons. The fraction of sp³-hybridized carbons (Fsp3) is 0.450. The minimum absolute atomic E-state index is 0.240. The molecule has 0 bridgehead atoms. The number of rotatable bonds is 6. The van der Waals surface area contributed by atoms with E-state index in [4.69, 9.17) is 4.74 Å². The van der Waals surface area contributed by atoms with Crippen molar-refractivity contribution in [2.45, 2.75) is 32.3 Å². The van der Waals surface area contributed by atoms with Crippen LogP contribution in [0.2, 0.25) is 0 Å². The number of amides is 1. The predicted molar refractivity (Wildman–Crippen MR) is 108 cm³/mol. The van der Waals surface area contributed by atoms with E-state index < -0.39 is 6.10 Å². The fourth-order valence-electron chi connectivity index (χ4n) is 3.03. The first-order chi connectivity index (χ1) is 13.0. The SMILES string of the molecule is CC(Oc1ccccc1)C(=O)Nc1cnc(N2CCCCC2)nc1N(C)C. The zero-order valence-corrected chi connectivity index (χ0v) is 16.2. The van der Waals surface area contributed by atoms with Gasteiger partial charge in [0.15, 0.2) is 11.9 Å². The quantitative estimate of drug-likeness (QED) is 0.844. The number of nitrogens with one attached hydrogen (secondary N) is 1. The molecular formula is C20H27N5O2. The third kappa shape index (κ3) is 4.87. The molecule has 1 aromatic heterocycles. The van der Waals surface area contributed by atoms with Gasteiger partial charge in [0.2, 0.25) is 5.95 Å². The largest absolute Gasteiger partial charge is 0.481 e. The van der Waals surface area contributed by atoms with Crippen molar-refractivity contribution in [3.63, 3.8) is 0 Å². The first-order valence-electron chi connectivity index (χ1n) is 9.36. The van der Waals surface area contributed by atoms with Crippen molar-refractivity contribution in [2.24, 2.45) is 0 Å². The van der Waals surface area contributed by atoms with Crippen LogP contribution in [-0.4, -0.2) is 49.2 Å². The molecule has 0 spiro atoms. The minimum Gasteiger partial charge on any atom is -0.481 e. The molecule has 3 rings (SSSR count). The molecule has 1 aliphatic rings. The lowest BCUT2D eigenvalue weighted by Gasteiger charge is -2.28. The Balaban J connectivity index is 1.72. The Hall–Kier alpha value is -2.83. The van der Waals surface area contributed by atoms with Crippen molar-refractivity contribution in [1.29, 1.82) is 0 Å². The van der Waals surface area contributed by atoms with E-state index in [1.54, 1.807) is 13.1 Å². The molecule has 27 heavy (non-hydrogen) atoms. The van der Waals surface area contributed by atoms with Crippen LogP contribution >= 0.6 is 0 Å². The number of benzene rings is 1. The maximum atomic E-state index is 12.6. The van der Waals surface area contributed by atoms with Gasteiger partial charge >= 0.3 is 0 Å². The average Bonchev–Trinajstić information content (AvgIpc) is 2.69. The van der Waals surface area contributed by atoms with Crippen molar-refractivity contribution >= 4 is 23.4 Å². The van der Waals surface area contributed by atoms with Crippen LogP contribution in [0.15, 0.2) is 36.5 Å². The molecule has 1 N–H and O–H groups in total. The number of ether oxygens (including phenoxy) is 1. The Morgan fingerprint density at radius 3 is 2.56 bits per heavy atom. The fourth-order valence-corrected chi connectivity index (χ4v) is 3.03. The van der Waals surface area contributed by atoms with Crippen molar-refractivity contribution in [2.75, 3.05) is 42.3 Å². The Labute approximate surface area is 160 Å². The number of nitrogens with zero attached hydrogens (tertiary/aromatic N) is 4. The van der Waals surface area contributed by atoms with Gasteiger partial charge in [0, 0.05) is 27.2 Å². The Kier molecular flexibility index (Phi) is 6.11. The zero-order chi connectivity index (χ0) is 19.2. The Bertz CT molecular complexity index is 760. The summed E-state index contributed by atoms with van der Waals surface area (Å²) in [6.45, 7) is 3.67. The molecule has 2 aromatic rings. The summed E-state index contributed by atoms with van der Waals surface area (Å²) < 4.78 is 5.69. The minimum atomic E-state index is -0.635. The van der Waals surface area contributed by atoms with Crippen LogP contribution in [0.4, 0.5) is 17.5 Å². The summed E-state index contributed by atoms with van der Waals surface area (Å²) >= 11 is 0. The topological polar surface area (TPSA) is 70.6 Å². The van der Waals surface area contributed by atoms with E-state index in [2.05, 4.69) is 20.2 Å². The highest BCUT2D eigenvalue weighted by Crippen LogP contribution is 2.25. The molecule has 7 nitrogen and oxygen atoms in total. The molecule has 1 atom stereocenters. The number of hydrogen-bond donors (Lipinski definition) is 1. The van der Waals surface area contributed by atoms with Gasteiger partial charge in [0.05, 0.1) is 6.20 Å². The summed E-state index contributed by atoms with van der Waals surface area (Å²) in [4.78, 5) is 25.8. The first-order valence-corrected chi connectivity index (χ1v) is 9.36. The molecule has 7 heteroatoms. The smallest absolute Gasteiger partial charge is 0.265 e. The number of para-hydroxylation sites is 1. The molecule has 1 aromatic carbocycles. The van der Waals surface area contributed by atoms with E-state index >= 15 is 0 Å². The summed E-state index contributed by atoms with van der Waals surface area (Å²) in [7, 11) is 3.81.